The summed E-state index contributed by atoms with van der Waals surface area (Å²) in [5.41, 5.74) is 0.854. The highest BCUT2D eigenvalue weighted by Gasteiger charge is 2.28. The van der Waals surface area contributed by atoms with Gasteiger partial charge in [-0.15, -0.1) is 0 Å². The number of rotatable bonds is 5. The molecule has 2 rings (SSSR count). The Labute approximate surface area is 126 Å². The van der Waals surface area contributed by atoms with Crippen LogP contribution in [-0.4, -0.2) is 0 Å². The zero-order valence-corrected chi connectivity index (χ0v) is 11.7. The SMILES string of the molecule is Cc1ccc(Oc2c(F)c(F)c(SOO[O-])c(F)c2F)cc1. The predicted molar refractivity (Wildman–Crippen MR) is 65.6 cm³/mol. The lowest BCUT2D eigenvalue weighted by atomic mass is 10.2. The molecule has 0 atom stereocenters. The highest BCUT2D eigenvalue weighted by molar-refractivity contribution is 7.94. The van der Waals surface area contributed by atoms with Crippen LogP contribution in [-0.2, 0) is 9.37 Å². The highest BCUT2D eigenvalue weighted by atomic mass is 32.2. The molecule has 22 heavy (non-hydrogen) atoms. The van der Waals surface area contributed by atoms with Gasteiger partial charge in [-0.1, -0.05) is 17.7 Å². The van der Waals surface area contributed by atoms with Gasteiger partial charge in [0.2, 0.25) is 17.4 Å². The molecule has 0 radical (unpaired) electrons. The van der Waals surface area contributed by atoms with E-state index in [1.165, 1.54) is 12.1 Å². The second kappa shape index (κ2) is 6.97. The van der Waals surface area contributed by atoms with Gasteiger partial charge >= 0.3 is 0 Å². The third kappa shape index (κ3) is 3.33. The van der Waals surface area contributed by atoms with Crippen LogP contribution >= 0.6 is 12.0 Å². The van der Waals surface area contributed by atoms with Crippen LogP contribution in [0.5, 0.6) is 11.5 Å². The zero-order chi connectivity index (χ0) is 16.3. The Balaban J connectivity index is 2.42. The smallest absolute Gasteiger partial charge is 0.205 e. The van der Waals surface area contributed by atoms with Gasteiger partial charge in [0.15, 0.2) is 11.6 Å². The molecular formula is C13H7F4O4S-. The van der Waals surface area contributed by atoms with E-state index in [4.69, 9.17) is 4.74 Å². The number of hydrogen-bond donors (Lipinski definition) is 0. The van der Waals surface area contributed by atoms with E-state index in [0.717, 1.165) is 5.56 Å². The van der Waals surface area contributed by atoms with E-state index in [9.17, 15) is 22.8 Å². The molecule has 2 aromatic carbocycles. The second-order valence-corrected chi connectivity index (χ2v) is 4.76. The van der Waals surface area contributed by atoms with Crippen molar-refractivity contribution in [2.45, 2.75) is 11.8 Å². The van der Waals surface area contributed by atoms with Crippen LogP contribution in [0.1, 0.15) is 5.56 Å². The summed E-state index contributed by atoms with van der Waals surface area (Å²) < 4.78 is 63.5. The topological polar surface area (TPSA) is 50.8 Å². The molecule has 0 amide bonds. The van der Waals surface area contributed by atoms with Gasteiger partial charge in [-0.25, -0.2) is 8.78 Å². The molecule has 9 heteroatoms. The van der Waals surface area contributed by atoms with E-state index in [-0.39, 0.29) is 17.8 Å². The minimum Gasteiger partial charge on any atom is -0.691 e. The summed E-state index contributed by atoms with van der Waals surface area (Å²) in [5, 5.41) is 12.5. The van der Waals surface area contributed by atoms with E-state index in [1.807, 2.05) is 0 Å². The molecule has 0 aromatic heterocycles. The quantitative estimate of drug-likeness (QED) is 0.275. The average molecular weight is 335 g/mol. The summed E-state index contributed by atoms with van der Waals surface area (Å²) in [6.45, 7) is 1.77. The fraction of sp³-hybridized carbons (Fsp3) is 0.0769. The second-order valence-electron chi connectivity index (χ2n) is 4.05. The van der Waals surface area contributed by atoms with Gasteiger partial charge in [0, 0.05) is 0 Å². The van der Waals surface area contributed by atoms with Crippen LogP contribution in [0.2, 0.25) is 0 Å². The highest BCUT2D eigenvalue weighted by Crippen LogP contribution is 2.37. The molecule has 0 saturated heterocycles. The first-order chi connectivity index (χ1) is 10.5. The zero-order valence-electron chi connectivity index (χ0n) is 10.9. The van der Waals surface area contributed by atoms with Crippen LogP contribution in [0, 0.1) is 30.2 Å². The summed E-state index contributed by atoms with van der Waals surface area (Å²) in [6, 6.07) is 5.92. The fourth-order valence-electron chi connectivity index (χ4n) is 1.53. The van der Waals surface area contributed by atoms with Crippen molar-refractivity contribution in [3.8, 4) is 11.5 Å². The van der Waals surface area contributed by atoms with Gasteiger partial charge in [0.05, 0.1) is 12.0 Å². The Morgan fingerprint density at radius 1 is 0.909 bits per heavy atom. The van der Waals surface area contributed by atoms with Gasteiger partial charge in [0.25, 0.3) is 0 Å². The predicted octanol–water partition coefficient (Wildman–Crippen LogP) is 3.57. The van der Waals surface area contributed by atoms with Gasteiger partial charge in [-0.2, -0.15) is 13.1 Å². The number of halogens is 4. The monoisotopic (exact) mass is 335 g/mol. The van der Waals surface area contributed by atoms with Crippen molar-refractivity contribution >= 4 is 12.0 Å². The number of benzene rings is 2. The maximum absolute atomic E-state index is 13.8. The third-order valence-corrected chi connectivity index (χ3v) is 3.22. The fourth-order valence-corrected chi connectivity index (χ4v) is 1.95. The summed E-state index contributed by atoms with van der Waals surface area (Å²) in [7, 11) is 0. The van der Waals surface area contributed by atoms with E-state index in [1.54, 1.807) is 19.1 Å². The summed E-state index contributed by atoms with van der Waals surface area (Å²) in [5.74, 6) is -8.34. The van der Waals surface area contributed by atoms with Crippen molar-refractivity contribution in [3.05, 3.63) is 53.1 Å². The van der Waals surface area contributed by atoms with Crippen molar-refractivity contribution in [2.75, 3.05) is 0 Å². The summed E-state index contributed by atoms with van der Waals surface area (Å²) >= 11 is -0.301. The van der Waals surface area contributed by atoms with Gasteiger partial charge in [-0.3, -0.25) is 5.04 Å². The lowest BCUT2D eigenvalue weighted by molar-refractivity contribution is -0.777. The normalized spacial score (nSPS) is 10.8. The first-order valence-electron chi connectivity index (χ1n) is 5.69. The Morgan fingerprint density at radius 2 is 1.45 bits per heavy atom. The summed E-state index contributed by atoms with van der Waals surface area (Å²) in [6.07, 6.45) is 0. The Bertz CT molecular complexity index is 650. The van der Waals surface area contributed by atoms with Crippen molar-refractivity contribution in [1.29, 1.82) is 0 Å². The standard InChI is InChI=1S/C13H8F4O4S/c1-6-2-4-7(5-3-6)19-12-8(14)10(16)13(22-21-20-18)11(17)9(12)15/h2-5,18H,1H3/p-1. The number of aryl methyl sites for hydroxylation is 1. The largest absolute Gasteiger partial charge is 0.691 e. The molecule has 0 saturated carbocycles. The van der Waals surface area contributed by atoms with Gasteiger partial charge in [0.1, 0.15) is 10.6 Å². The van der Waals surface area contributed by atoms with Crippen LogP contribution in [0.3, 0.4) is 0 Å². The lowest BCUT2D eigenvalue weighted by Crippen LogP contribution is -2.05. The molecule has 0 heterocycles. The lowest BCUT2D eigenvalue weighted by Gasteiger charge is -2.12. The number of ether oxygens (including phenoxy) is 1. The van der Waals surface area contributed by atoms with Gasteiger partial charge in [-0.05, 0) is 19.1 Å². The molecule has 118 valence electrons. The molecule has 0 aliphatic rings. The number of hydrogen-bond acceptors (Lipinski definition) is 5. The first kappa shape index (κ1) is 16.6. The van der Waals surface area contributed by atoms with Crippen LogP contribution in [0.15, 0.2) is 29.2 Å². The molecule has 4 nitrogen and oxygen atoms in total. The molecule has 0 aliphatic carbocycles. The summed E-state index contributed by atoms with van der Waals surface area (Å²) in [4.78, 5) is -1.21. The van der Waals surface area contributed by atoms with E-state index < -0.39 is 33.9 Å². The van der Waals surface area contributed by atoms with E-state index in [2.05, 4.69) is 9.37 Å². The molecule has 0 unspecified atom stereocenters. The third-order valence-electron chi connectivity index (χ3n) is 2.57. The van der Waals surface area contributed by atoms with Crippen molar-refractivity contribution in [1.82, 2.24) is 0 Å². The maximum Gasteiger partial charge on any atom is 0.205 e. The Hall–Kier alpha value is -1.81. The van der Waals surface area contributed by atoms with Crippen LogP contribution in [0.4, 0.5) is 17.6 Å². The van der Waals surface area contributed by atoms with Crippen molar-refractivity contribution < 1.29 is 36.9 Å². The molecule has 0 bridgehead atoms. The van der Waals surface area contributed by atoms with E-state index >= 15 is 0 Å². The Morgan fingerprint density at radius 3 is 1.95 bits per heavy atom. The molecule has 0 fully saturated rings. The average Bonchev–Trinajstić information content (AvgIpc) is 2.51. The molecule has 0 aliphatic heterocycles. The molecular weight excluding hydrogens is 328 g/mol. The van der Waals surface area contributed by atoms with Crippen LogP contribution in [0.25, 0.3) is 0 Å². The van der Waals surface area contributed by atoms with Crippen molar-refractivity contribution in [2.24, 2.45) is 0 Å². The molecule has 0 spiro atoms. The van der Waals surface area contributed by atoms with Crippen molar-refractivity contribution in [3.63, 3.8) is 0 Å². The minimum absolute atomic E-state index is 0.0123. The van der Waals surface area contributed by atoms with E-state index in [0.29, 0.717) is 0 Å². The molecule has 2 aromatic rings. The Kier molecular flexibility index (Phi) is 5.24. The minimum atomic E-state index is -1.77. The van der Waals surface area contributed by atoms with Gasteiger partial charge < -0.3 is 9.99 Å². The maximum atomic E-state index is 13.8. The molecule has 0 N–H and O–H groups in total. The van der Waals surface area contributed by atoms with Crippen LogP contribution < -0.4 is 9.99 Å². The first-order valence-corrected chi connectivity index (χ1v) is 6.43.